The molecule has 0 aromatic heterocycles. The quantitative estimate of drug-likeness (QED) is 0.436. The fourth-order valence-corrected chi connectivity index (χ4v) is 7.76. The molecule has 5 fully saturated rings. The summed E-state index contributed by atoms with van der Waals surface area (Å²) < 4.78 is 27.5. The van der Waals surface area contributed by atoms with Crippen LogP contribution in [-0.4, -0.2) is 48.8 Å². The Hall–Kier alpha value is -0.160. The summed E-state index contributed by atoms with van der Waals surface area (Å²) in [4.78, 5) is 0. The lowest BCUT2D eigenvalue weighted by atomic mass is 9.76. The second-order valence-electron chi connectivity index (χ2n) is 14.0. The van der Waals surface area contributed by atoms with Gasteiger partial charge in [-0.2, -0.15) is 0 Å². The highest BCUT2D eigenvalue weighted by atomic mass is 16.5. The van der Waals surface area contributed by atoms with Crippen LogP contribution in [0.25, 0.3) is 0 Å². The molecule has 4 heteroatoms. The van der Waals surface area contributed by atoms with E-state index in [1.807, 2.05) is 0 Å². The molecule has 0 aromatic carbocycles. The van der Waals surface area contributed by atoms with Crippen LogP contribution in [0.5, 0.6) is 0 Å². The molecule has 32 heavy (non-hydrogen) atoms. The van der Waals surface area contributed by atoms with Gasteiger partial charge in [0.2, 0.25) is 0 Å². The summed E-state index contributed by atoms with van der Waals surface area (Å²) in [5.74, 6) is 0. The Kier molecular flexibility index (Phi) is 5.65. The number of hydrogen-bond acceptors (Lipinski definition) is 4. The van der Waals surface area contributed by atoms with Crippen LogP contribution in [0.3, 0.4) is 0 Å². The van der Waals surface area contributed by atoms with Gasteiger partial charge in [-0.1, -0.05) is 55.4 Å². The molecule has 184 valence electrons. The molecular formula is C28H48O4. The average Bonchev–Trinajstić information content (AvgIpc) is 3.53. The first kappa shape index (κ1) is 23.6. The summed E-state index contributed by atoms with van der Waals surface area (Å²) in [5.41, 5.74) is 0.0828. The second-order valence-corrected chi connectivity index (χ2v) is 14.0. The van der Waals surface area contributed by atoms with Crippen LogP contribution in [0.2, 0.25) is 0 Å². The topological polar surface area (TPSA) is 36.9 Å². The Balaban J connectivity index is 1.48. The Morgan fingerprint density at radius 2 is 0.438 bits per heavy atom. The summed E-state index contributed by atoms with van der Waals surface area (Å²) in [7, 11) is 0. The van der Waals surface area contributed by atoms with E-state index in [9.17, 15) is 0 Å². The van der Waals surface area contributed by atoms with Crippen LogP contribution in [0, 0.1) is 21.7 Å². The van der Waals surface area contributed by atoms with Crippen molar-refractivity contribution in [2.75, 3.05) is 0 Å². The molecule has 0 spiro atoms. The van der Waals surface area contributed by atoms with Gasteiger partial charge in [-0.05, 0) is 51.4 Å². The van der Waals surface area contributed by atoms with Gasteiger partial charge in [-0.3, -0.25) is 0 Å². The predicted octanol–water partition coefficient (Wildman–Crippen LogP) is 6.30. The van der Waals surface area contributed by atoms with Crippen LogP contribution < -0.4 is 0 Å². The molecule has 5 aliphatic heterocycles. The minimum Gasteiger partial charge on any atom is -0.374 e. The highest BCUT2D eigenvalue weighted by molar-refractivity contribution is 5.04. The highest BCUT2D eigenvalue weighted by Crippen LogP contribution is 2.53. The van der Waals surface area contributed by atoms with Crippen molar-refractivity contribution in [3.63, 3.8) is 0 Å². The Morgan fingerprint density at radius 3 is 0.562 bits per heavy atom. The Morgan fingerprint density at radius 1 is 0.312 bits per heavy atom. The second kappa shape index (κ2) is 7.67. The van der Waals surface area contributed by atoms with Crippen LogP contribution in [-0.2, 0) is 18.9 Å². The van der Waals surface area contributed by atoms with Crippen LogP contribution in [0.4, 0.5) is 0 Å². The lowest BCUT2D eigenvalue weighted by Gasteiger charge is -2.43. The molecule has 0 amide bonds. The van der Waals surface area contributed by atoms with Crippen molar-refractivity contribution in [2.24, 2.45) is 21.7 Å². The molecule has 0 aliphatic carbocycles. The zero-order chi connectivity index (χ0) is 23.1. The zero-order valence-corrected chi connectivity index (χ0v) is 21.9. The van der Waals surface area contributed by atoms with Gasteiger partial charge in [-0.15, -0.1) is 0 Å². The molecule has 0 N–H and O–H groups in total. The summed E-state index contributed by atoms with van der Waals surface area (Å²) in [6, 6.07) is 0. The smallest absolute Gasteiger partial charge is 0.0655 e. The number of ether oxygens (including phenoxy) is 4. The Bertz CT molecular complexity index is 542. The minimum atomic E-state index is 0.0207. The third-order valence-corrected chi connectivity index (χ3v) is 10.7. The zero-order valence-electron chi connectivity index (χ0n) is 21.9. The summed E-state index contributed by atoms with van der Waals surface area (Å²) in [6.45, 7) is 19.0. The van der Waals surface area contributed by atoms with E-state index in [4.69, 9.17) is 18.9 Å². The first-order valence-electron chi connectivity index (χ1n) is 13.5. The van der Waals surface area contributed by atoms with Gasteiger partial charge in [0.05, 0.1) is 48.8 Å². The molecule has 5 saturated heterocycles. The van der Waals surface area contributed by atoms with Crippen molar-refractivity contribution in [3.8, 4) is 0 Å². The molecule has 0 aromatic rings. The van der Waals surface area contributed by atoms with E-state index in [0.717, 1.165) is 51.4 Å². The molecule has 0 radical (unpaired) electrons. The maximum atomic E-state index is 6.87. The van der Waals surface area contributed by atoms with Gasteiger partial charge in [0.25, 0.3) is 0 Å². The molecule has 5 rings (SSSR count). The van der Waals surface area contributed by atoms with Crippen molar-refractivity contribution in [1.82, 2.24) is 0 Å². The summed E-state index contributed by atoms with van der Waals surface area (Å²) in [6.07, 6.45) is 11.1. The maximum absolute atomic E-state index is 6.87. The molecule has 8 atom stereocenters. The largest absolute Gasteiger partial charge is 0.374 e. The lowest BCUT2D eigenvalue weighted by Crippen LogP contribution is -2.48. The normalized spacial score (nSPS) is 48.8. The van der Waals surface area contributed by atoms with Crippen LogP contribution >= 0.6 is 0 Å². The summed E-state index contributed by atoms with van der Waals surface area (Å²) >= 11 is 0. The molecule has 0 saturated carbocycles. The average molecular weight is 449 g/mol. The van der Waals surface area contributed by atoms with Crippen molar-refractivity contribution in [1.29, 1.82) is 0 Å². The number of hydrogen-bond donors (Lipinski definition) is 0. The van der Waals surface area contributed by atoms with Crippen LogP contribution in [0.1, 0.15) is 107 Å². The predicted molar refractivity (Wildman–Crippen MR) is 127 cm³/mol. The van der Waals surface area contributed by atoms with Crippen molar-refractivity contribution in [3.05, 3.63) is 0 Å². The van der Waals surface area contributed by atoms with E-state index in [2.05, 4.69) is 55.4 Å². The van der Waals surface area contributed by atoms with Gasteiger partial charge >= 0.3 is 0 Å². The minimum absolute atomic E-state index is 0.0207. The third-order valence-electron chi connectivity index (χ3n) is 10.7. The molecule has 4 nitrogen and oxygen atoms in total. The molecular weight excluding hydrogens is 400 g/mol. The number of rotatable bonds is 0. The standard InChI is InChI=1S/C28H48O4/c1-25(2)17-9-11-19(29-17)26(3,4)21-13-15-23(31-21)28(7,8)24-16-14-22(32-24)27(5,6)20-12-10-18(25)30-20/h17-24H,9-16H2,1-8H3. The monoisotopic (exact) mass is 448 g/mol. The van der Waals surface area contributed by atoms with Crippen molar-refractivity contribution in [2.45, 2.75) is 156 Å². The first-order valence-corrected chi connectivity index (χ1v) is 13.5. The third kappa shape index (κ3) is 3.53. The van der Waals surface area contributed by atoms with Gasteiger partial charge in [0, 0.05) is 21.7 Å². The first-order chi connectivity index (χ1) is 14.8. The van der Waals surface area contributed by atoms with E-state index in [0.29, 0.717) is 0 Å². The maximum Gasteiger partial charge on any atom is 0.0655 e. The van der Waals surface area contributed by atoms with Crippen molar-refractivity contribution < 1.29 is 18.9 Å². The molecule has 5 heterocycles. The van der Waals surface area contributed by atoms with Gasteiger partial charge in [0.1, 0.15) is 0 Å². The SMILES string of the molecule is CC1(C)C2CCC(O2)C(C)(C)C2CCC(O2)C(C)(C)C2CCC(O2)C(C)(C)C2CCC1O2. The highest BCUT2D eigenvalue weighted by Gasteiger charge is 2.56. The molecule has 5 aliphatic rings. The lowest BCUT2D eigenvalue weighted by molar-refractivity contribution is -0.183. The van der Waals surface area contributed by atoms with E-state index in [1.54, 1.807) is 0 Å². The van der Waals surface area contributed by atoms with E-state index < -0.39 is 0 Å². The van der Waals surface area contributed by atoms with Gasteiger partial charge in [-0.25, -0.2) is 0 Å². The van der Waals surface area contributed by atoms with Gasteiger partial charge in [0.15, 0.2) is 0 Å². The fraction of sp³-hybridized carbons (Fsp3) is 1.00. The molecule has 8 unspecified atom stereocenters. The number of fused-ring (bicyclic) bond motifs is 8. The van der Waals surface area contributed by atoms with Crippen LogP contribution in [0.15, 0.2) is 0 Å². The van der Waals surface area contributed by atoms with E-state index in [1.165, 1.54) is 0 Å². The van der Waals surface area contributed by atoms with E-state index in [-0.39, 0.29) is 70.5 Å². The molecule has 8 bridgehead atoms. The Labute approximate surface area is 196 Å². The van der Waals surface area contributed by atoms with Crippen molar-refractivity contribution >= 4 is 0 Å². The van der Waals surface area contributed by atoms with E-state index >= 15 is 0 Å². The van der Waals surface area contributed by atoms with Gasteiger partial charge < -0.3 is 18.9 Å². The fourth-order valence-electron chi connectivity index (χ4n) is 7.76. The summed E-state index contributed by atoms with van der Waals surface area (Å²) in [5, 5.41) is 0.